The molecule has 3 aromatic heterocycles. The molecular weight excluding hydrogens is 342 g/mol. The fraction of sp³-hybridized carbons (Fsp3) is 0.368. The van der Waals surface area contributed by atoms with Crippen LogP contribution in [0.5, 0.6) is 0 Å². The van der Waals surface area contributed by atoms with Crippen LogP contribution in [0.25, 0.3) is 5.69 Å². The molecule has 1 amide bonds. The molecule has 140 valence electrons. The van der Waals surface area contributed by atoms with E-state index in [9.17, 15) is 4.79 Å². The zero-order valence-electron chi connectivity index (χ0n) is 15.5. The number of rotatable bonds is 4. The van der Waals surface area contributed by atoms with Gasteiger partial charge in [-0.2, -0.15) is 10.2 Å². The summed E-state index contributed by atoms with van der Waals surface area (Å²) in [6, 6.07) is 5.77. The topological polar surface area (TPSA) is 91.7 Å². The van der Waals surface area contributed by atoms with Crippen LogP contribution in [-0.4, -0.2) is 55.4 Å². The first kappa shape index (κ1) is 17.4. The van der Waals surface area contributed by atoms with Crippen molar-refractivity contribution >= 4 is 5.91 Å². The Kier molecular flexibility index (Phi) is 4.72. The molecule has 0 bridgehead atoms. The molecule has 0 saturated carbocycles. The molecule has 2 N–H and O–H groups in total. The zero-order valence-corrected chi connectivity index (χ0v) is 15.5. The van der Waals surface area contributed by atoms with E-state index in [1.165, 1.54) is 0 Å². The molecule has 1 aliphatic rings. The van der Waals surface area contributed by atoms with Crippen LogP contribution >= 0.6 is 0 Å². The van der Waals surface area contributed by atoms with Gasteiger partial charge in [0.25, 0.3) is 5.91 Å². The second kappa shape index (κ2) is 7.32. The van der Waals surface area contributed by atoms with E-state index in [1.807, 2.05) is 34.0 Å². The third kappa shape index (κ3) is 3.48. The van der Waals surface area contributed by atoms with Gasteiger partial charge in [-0.15, -0.1) is 0 Å². The SMILES string of the molecule is CC(C)c1cc(C(=O)N2CCNC(c3cn[nH]c3)C2)nn1-c1ccncc1. The molecule has 3 aromatic rings. The highest BCUT2D eigenvalue weighted by Crippen LogP contribution is 2.22. The van der Waals surface area contributed by atoms with E-state index in [2.05, 4.69) is 39.4 Å². The minimum atomic E-state index is -0.0419. The summed E-state index contributed by atoms with van der Waals surface area (Å²) in [6.07, 6.45) is 7.12. The van der Waals surface area contributed by atoms with Crippen molar-refractivity contribution < 1.29 is 4.79 Å². The third-order valence-electron chi connectivity index (χ3n) is 4.84. The second-order valence-corrected chi connectivity index (χ2v) is 7.02. The lowest BCUT2D eigenvalue weighted by Crippen LogP contribution is -2.48. The quantitative estimate of drug-likeness (QED) is 0.737. The third-order valence-corrected chi connectivity index (χ3v) is 4.84. The monoisotopic (exact) mass is 365 g/mol. The van der Waals surface area contributed by atoms with E-state index < -0.39 is 0 Å². The molecule has 4 heterocycles. The van der Waals surface area contributed by atoms with Crippen LogP contribution in [0.15, 0.2) is 43.0 Å². The van der Waals surface area contributed by atoms with Crippen molar-refractivity contribution in [2.75, 3.05) is 19.6 Å². The van der Waals surface area contributed by atoms with E-state index >= 15 is 0 Å². The number of aromatic nitrogens is 5. The summed E-state index contributed by atoms with van der Waals surface area (Å²) in [5.74, 6) is 0.202. The van der Waals surface area contributed by atoms with Crippen molar-refractivity contribution in [3.63, 3.8) is 0 Å². The number of aromatic amines is 1. The van der Waals surface area contributed by atoms with Gasteiger partial charge in [0.2, 0.25) is 0 Å². The molecule has 0 aliphatic carbocycles. The van der Waals surface area contributed by atoms with Crippen molar-refractivity contribution in [3.05, 3.63) is 59.9 Å². The predicted molar refractivity (Wildman–Crippen MR) is 101 cm³/mol. The molecule has 1 aliphatic heterocycles. The van der Waals surface area contributed by atoms with Gasteiger partial charge in [-0.05, 0) is 24.1 Å². The van der Waals surface area contributed by atoms with E-state index in [0.717, 1.165) is 23.5 Å². The summed E-state index contributed by atoms with van der Waals surface area (Å²) in [4.78, 5) is 19.0. The standard InChI is InChI=1S/C19H23N7O/c1-13(2)18-9-16(24-26(18)15-3-5-20-6-4-15)19(27)25-8-7-21-17(12-25)14-10-22-23-11-14/h3-6,9-11,13,17,21H,7-8,12H2,1-2H3,(H,22,23). The predicted octanol–water partition coefficient (Wildman–Crippen LogP) is 1.90. The van der Waals surface area contributed by atoms with Gasteiger partial charge in [0.05, 0.1) is 17.9 Å². The van der Waals surface area contributed by atoms with E-state index in [1.54, 1.807) is 18.6 Å². The Morgan fingerprint density at radius 3 is 2.81 bits per heavy atom. The Hall–Kier alpha value is -3.00. The van der Waals surface area contributed by atoms with Crippen LogP contribution in [0, 0.1) is 0 Å². The number of carbonyl (C=O) groups excluding carboxylic acids is 1. The van der Waals surface area contributed by atoms with Gasteiger partial charge >= 0.3 is 0 Å². The molecule has 0 aromatic carbocycles. The molecule has 1 unspecified atom stereocenters. The smallest absolute Gasteiger partial charge is 0.274 e. The highest BCUT2D eigenvalue weighted by atomic mass is 16.2. The summed E-state index contributed by atoms with van der Waals surface area (Å²) >= 11 is 0. The Labute approximate surface area is 157 Å². The number of amides is 1. The highest BCUT2D eigenvalue weighted by molar-refractivity contribution is 5.92. The van der Waals surface area contributed by atoms with Crippen molar-refractivity contribution in [2.45, 2.75) is 25.8 Å². The average molecular weight is 365 g/mol. The fourth-order valence-electron chi connectivity index (χ4n) is 3.37. The minimum Gasteiger partial charge on any atom is -0.334 e. The molecule has 1 atom stereocenters. The Morgan fingerprint density at radius 1 is 1.30 bits per heavy atom. The van der Waals surface area contributed by atoms with E-state index in [4.69, 9.17) is 0 Å². The normalized spacial score (nSPS) is 17.4. The Bertz CT molecular complexity index is 902. The minimum absolute atomic E-state index is 0.0419. The van der Waals surface area contributed by atoms with Crippen LogP contribution in [0.3, 0.4) is 0 Å². The Balaban J connectivity index is 1.60. The van der Waals surface area contributed by atoms with E-state index in [-0.39, 0.29) is 17.9 Å². The summed E-state index contributed by atoms with van der Waals surface area (Å²) in [7, 11) is 0. The van der Waals surface area contributed by atoms with Crippen molar-refractivity contribution in [1.29, 1.82) is 0 Å². The molecule has 0 radical (unpaired) electrons. The largest absolute Gasteiger partial charge is 0.334 e. The molecular formula is C19H23N7O. The van der Waals surface area contributed by atoms with Gasteiger partial charge in [0.15, 0.2) is 5.69 Å². The molecule has 1 saturated heterocycles. The zero-order chi connectivity index (χ0) is 18.8. The number of piperazine rings is 1. The fourth-order valence-corrected chi connectivity index (χ4v) is 3.37. The van der Waals surface area contributed by atoms with Gasteiger partial charge in [0.1, 0.15) is 0 Å². The van der Waals surface area contributed by atoms with Crippen LogP contribution in [0.4, 0.5) is 0 Å². The number of H-pyrrole nitrogens is 1. The highest BCUT2D eigenvalue weighted by Gasteiger charge is 2.28. The number of hydrogen-bond acceptors (Lipinski definition) is 5. The maximum absolute atomic E-state index is 13.1. The van der Waals surface area contributed by atoms with Crippen molar-refractivity contribution in [1.82, 2.24) is 35.2 Å². The molecule has 0 spiro atoms. The van der Waals surface area contributed by atoms with Crippen LogP contribution in [-0.2, 0) is 0 Å². The average Bonchev–Trinajstić information content (AvgIpc) is 3.38. The lowest BCUT2D eigenvalue weighted by molar-refractivity contribution is 0.0696. The first-order valence-electron chi connectivity index (χ1n) is 9.15. The number of pyridine rings is 1. The summed E-state index contributed by atoms with van der Waals surface area (Å²) in [5, 5.41) is 14.9. The van der Waals surface area contributed by atoms with Gasteiger partial charge in [0, 0.05) is 49.5 Å². The number of nitrogens with zero attached hydrogens (tertiary/aromatic N) is 5. The number of carbonyl (C=O) groups is 1. The molecule has 8 heteroatoms. The van der Waals surface area contributed by atoms with Gasteiger partial charge in [-0.25, -0.2) is 4.68 Å². The molecule has 27 heavy (non-hydrogen) atoms. The first-order chi connectivity index (χ1) is 13.1. The number of nitrogens with one attached hydrogen (secondary N) is 2. The van der Waals surface area contributed by atoms with Crippen LogP contribution in [0.2, 0.25) is 0 Å². The van der Waals surface area contributed by atoms with Crippen molar-refractivity contribution in [3.8, 4) is 5.69 Å². The lowest BCUT2D eigenvalue weighted by atomic mass is 10.1. The Morgan fingerprint density at radius 2 is 2.11 bits per heavy atom. The molecule has 1 fully saturated rings. The summed E-state index contributed by atoms with van der Waals surface area (Å²) in [6.45, 7) is 6.19. The van der Waals surface area contributed by atoms with Crippen LogP contribution in [0.1, 0.15) is 47.6 Å². The summed E-state index contributed by atoms with van der Waals surface area (Å²) in [5.41, 5.74) is 3.44. The van der Waals surface area contributed by atoms with Crippen LogP contribution < -0.4 is 5.32 Å². The van der Waals surface area contributed by atoms with Gasteiger partial charge in [-0.3, -0.25) is 14.9 Å². The van der Waals surface area contributed by atoms with E-state index in [0.29, 0.717) is 18.8 Å². The molecule has 4 rings (SSSR count). The maximum Gasteiger partial charge on any atom is 0.274 e. The second-order valence-electron chi connectivity index (χ2n) is 7.02. The maximum atomic E-state index is 13.1. The first-order valence-corrected chi connectivity index (χ1v) is 9.15. The molecule has 8 nitrogen and oxygen atoms in total. The number of hydrogen-bond donors (Lipinski definition) is 2. The van der Waals surface area contributed by atoms with Gasteiger partial charge < -0.3 is 10.2 Å². The van der Waals surface area contributed by atoms with Gasteiger partial charge in [-0.1, -0.05) is 13.8 Å². The lowest BCUT2D eigenvalue weighted by Gasteiger charge is -2.32. The van der Waals surface area contributed by atoms with Crippen molar-refractivity contribution in [2.24, 2.45) is 0 Å². The summed E-state index contributed by atoms with van der Waals surface area (Å²) < 4.78 is 1.84.